The molecule has 0 aliphatic carbocycles. The summed E-state index contributed by atoms with van der Waals surface area (Å²) in [4.78, 5) is 39.9. The van der Waals surface area contributed by atoms with Gasteiger partial charge in [-0.05, 0) is 87.0 Å². The van der Waals surface area contributed by atoms with Gasteiger partial charge in [-0.2, -0.15) is 0 Å². The maximum atomic E-state index is 13.4. The molecule has 0 bridgehead atoms. The molecule has 0 saturated heterocycles. The van der Waals surface area contributed by atoms with Gasteiger partial charge in [-0.15, -0.1) is 11.8 Å². The van der Waals surface area contributed by atoms with Crippen molar-refractivity contribution >= 4 is 46.9 Å². The van der Waals surface area contributed by atoms with Crippen LogP contribution in [0.25, 0.3) is 6.08 Å². The maximum Gasteiger partial charge on any atom is 0.272 e. The summed E-state index contributed by atoms with van der Waals surface area (Å²) < 4.78 is 5.45. The molecule has 0 radical (unpaired) electrons. The average molecular weight is 580 g/mol. The van der Waals surface area contributed by atoms with Gasteiger partial charge in [-0.25, -0.2) is 0 Å². The first-order valence-corrected chi connectivity index (χ1v) is 14.4. The Kier molecular flexibility index (Phi) is 10.6. The summed E-state index contributed by atoms with van der Waals surface area (Å²) in [7, 11) is 0. The lowest BCUT2D eigenvalue weighted by molar-refractivity contribution is -0.115. The number of anilines is 2. The molecule has 0 spiro atoms. The zero-order valence-electron chi connectivity index (χ0n) is 23.7. The van der Waals surface area contributed by atoms with Gasteiger partial charge in [0.15, 0.2) is 0 Å². The van der Waals surface area contributed by atoms with Crippen LogP contribution in [0.2, 0.25) is 0 Å². The van der Waals surface area contributed by atoms with Crippen molar-refractivity contribution in [2.75, 3.05) is 17.2 Å². The van der Waals surface area contributed by atoms with Crippen LogP contribution < -0.4 is 20.7 Å². The van der Waals surface area contributed by atoms with Crippen LogP contribution in [-0.4, -0.2) is 29.6 Å². The van der Waals surface area contributed by atoms with Gasteiger partial charge in [0.05, 0.1) is 11.9 Å². The molecule has 7 nitrogen and oxygen atoms in total. The molecule has 0 fully saturated rings. The molecule has 0 heterocycles. The fourth-order valence-corrected chi connectivity index (χ4v) is 4.85. The number of carbonyl (C=O) groups excluding carboxylic acids is 3. The van der Waals surface area contributed by atoms with E-state index in [0.29, 0.717) is 23.5 Å². The zero-order chi connectivity index (χ0) is 29.9. The van der Waals surface area contributed by atoms with Crippen LogP contribution in [0.5, 0.6) is 5.75 Å². The Bertz CT molecular complexity index is 1550. The number of amides is 3. The van der Waals surface area contributed by atoms with Crippen LogP contribution in [0.15, 0.2) is 114 Å². The summed E-state index contributed by atoms with van der Waals surface area (Å²) in [6.07, 6.45) is 1.64. The van der Waals surface area contributed by atoms with Crippen molar-refractivity contribution in [2.24, 2.45) is 0 Å². The fourth-order valence-electron chi connectivity index (χ4n) is 3.92. The predicted molar refractivity (Wildman–Crippen MR) is 170 cm³/mol. The van der Waals surface area contributed by atoms with E-state index in [0.717, 1.165) is 21.8 Å². The fraction of sp³-hybridized carbons (Fsp3) is 0.147. The van der Waals surface area contributed by atoms with E-state index in [4.69, 9.17) is 4.74 Å². The van der Waals surface area contributed by atoms with E-state index in [9.17, 15) is 14.4 Å². The van der Waals surface area contributed by atoms with E-state index >= 15 is 0 Å². The summed E-state index contributed by atoms with van der Waals surface area (Å²) in [5, 5.41) is 8.16. The Hall–Kier alpha value is -4.82. The van der Waals surface area contributed by atoms with E-state index < -0.39 is 11.2 Å². The lowest BCUT2D eigenvalue weighted by Crippen LogP contribution is -2.30. The molecule has 0 saturated carbocycles. The molecule has 214 valence electrons. The van der Waals surface area contributed by atoms with Crippen molar-refractivity contribution in [3.63, 3.8) is 0 Å². The summed E-state index contributed by atoms with van der Waals surface area (Å²) >= 11 is 1.37. The van der Waals surface area contributed by atoms with Gasteiger partial charge >= 0.3 is 0 Å². The Labute approximate surface area is 250 Å². The van der Waals surface area contributed by atoms with Gasteiger partial charge < -0.3 is 20.7 Å². The highest BCUT2D eigenvalue weighted by Crippen LogP contribution is 2.27. The second kappa shape index (κ2) is 14.7. The molecule has 0 aliphatic heterocycles. The first-order valence-electron chi connectivity index (χ1n) is 13.6. The molecule has 1 atom stereocenters. The number of aryl methyl sites for hydroxylation is 1. The third kappa shape index (κ3) is 8.84. The highest BCUT2D eigenvalue weighted by molar-refractivity contribution is 8.00. The summed E-state index contributed by atoms with van der Waals surface area (Å²) in [6.45, 7) is 6.29. The zero-order valence-corrected chi connectivity index (χ0v) is 24.5. The minimum atomic E-state index is -0.469. The summed E-state index contributed by atoms with van der Waals surface area (Å²) in [6, 6.07) is 30.8. The number of ether oxygens (including phenoxy) is 1. The van der Waals surface area contributed by atoms with Crippen LogP contribution in [-0.2, 0) is 9.59 Å². The molecule has 4 aromatic carbocycles. The van der Waals surface area contributed by atoms with Crippen LogP contribution in [0, 0.1) is 6.92 Å². The molecule has 3 N–H and O–H groups in total. The van der Waals surface area contributed by atoms with Crippen molar-refractivity contribution in [3.8, 4) is 5.75 Å². The summed E-state index contributed by atoms with van der Waals surface area (Å²) in [5.74, 6) is -0.261. The maximum absolute atomic E-state index is 13.4. The van der Waals surface area contributed by atoms with Crippen molar-refractivity contribution < 1.29 is 19.1 Å². The molecule has 0 aliphatic rings. The van der Waals surface area contributed by atoms with Gasteiger partial charge in [0, 0.05) is 21.8 Å². The van der Waals surface area contributed by atoms with Crippen LogP contribution in [0.3, 0.4) is 0 Å². The normalized spacial score (nSPS) is 11.7. The molecule has 0 aromatic heterocycles. The number of hydrogen-bond donors (Lipinski definition) is 3. The Morgan fingerprint density at radius 2 is 1.55 bits per heavy atom. The molecular formula is C34H33N3O4S. The van der Waals surface area contributed by atoms with Gasteiger partial charge in [-0.1, -0.05) is 54.1 Å². The standard InChI is InChI=1S/C34H33N3O4S/c1-4-41-29-19-17-27(18-20-29)35-32(38)24(3)42-30-12-8-11-28(22-30)36-34(40)31(21-25-15-13-23(2)14-16-25)37-33(39)26-9-6-5-7-10-26/h5-22,24H,4H2,1-3H3,(H,35,38)(H,36,40)(H,37,39)/b31-21-. The van der Waals surface area contributed by atoms with Gasteiger partial charge in [0.25, 0.3) is 11.8 Å². The highest BCUT2D eigenvalue weighted by atomic mass is 32.2. The number of rotatable bonds is 11. The first-order chi connectivity index (χ1) is 20.3. The Balaban J connectivity index is 1.44. The van der Waals surface area contributed by atoms with Gasteiger partial charge in [-0.3, -0.25) is 14.4 Å². The van der Waals surface area contributed by atoms with E-state index in [1.165, 1.54) is 11.8 Å². The first kappa shape index (κ1) is 30.1. The number of nitrogens with one attached hydrogen (secondary N) is 3. The minimum absolute atomic E-state index is 0.105. The molecule has 3 amide bonds. The SMILES string of the molecule is CCOc1ccc(NC(=O)C(C)Sc2cccc(NC(=O)/C(=C/c3ccc(C)cc3)NC(=O)c3ccccc3)c2)cc1. The third-order valence-corrected chi connectivity index (χ3v) is 7.22. The van der Waals surface area contributed by atoms with Crippen molar-refractivity contribution in [2.45, 2.75) is 30.9 Å². The van der Waals surface area contributed by atoms with E-state index in [2.05, 4.69) is 16.0 Å². The van der Waals surface area contributed by atoms with E-state index in [1.807, 2.05) is 69.3 Å². The lowest BCUT2D eigenvalue weighted by Gasteiger charge is -2.14. The van der Waals surface area contributed by atoms with Crippen molar-refractivity contribution in [1.82, 2.24) is 5.32 Å². The van der Waals surface area contributed by atoms with Crippen LogP contribution in [0.1, 0.15) is 35.3 Å². The molecular weight excluding hydrogens is 546 g/mol. The second-order valence-electron chi connectivity index (χ2n) is 9.48. The molecule has 42 heavy (non-hydrogen) atoms. The van der Waals surface area contributed by atoms with E-state index in [-0.39, 0.29) is 17.5 Å². The van der Waals surface area contributed by atoms with Gasteiger partial charge in [0.2, 0.25) is 5.91 Å². The van der Waals surface area contributed by atoms with Crippen LogP contribution in [0.4, 0.5) is 11.4 Å². The molecule has 1 unspecified atom stereocenters. The number of benzene rings is 4. The highest BCUT2D eigenvalue weighted by Gasteiger charge is 2.17. The largest absolute Gasteiger partial charge is 0.494 e. The topological polar surface area (TPSA) is 96.5 Å². The molecule has 4 aromatic rings. The predicted octanol–water partition coefficient (Wildman–Crippen LogP) is 6.92. The minimum Gasteiger partial charge on any atom is -0.494 e. The quantitative estimate of drug-likeness (QED) is 0.132. The average Bonchev–Trinajstić information content (AvgIpc) is 2.99. The van der Waals surface area contributed by atoms with E-state index in [1.54, 1.807) is 60.7 Å². The second-order valence-corrected chi connectivity index (χ2v) is 10.9. The summed E-state index contributed by atoms with van der Waals surface area (Å²) in [5.41, 5.74) is 3.62. The Morgan fingerprint density at radius 3 is 2.24 bits per heavy atom. The number of hydrogen-bond acceptors (Lipinski definition) is 5. The lowest BCUT2D eigenvalue weighted by atomic mass is 10.1. The molecule has 8 heteroatoms. The molecule has 4 rings (SSSR count). The van der Waals surface area contributed by atoms with Crippen molar-refractivity contribution in [3.05, 3.63) is 126 Å². The van der Waals surface area contributed by atoms with Crippen LogP contribution >= 0.6 is 11.8 Å². The van der Waals surface area contributed by atoms with Gasteiger partial charge in [0.1, 0.15) is 11.4 Å². The smallest absolute Gasteiger partial charge is 0.272 e. The monoisotopic (exact) mass is 579 g/mol. The third-order valence-electron chi connectivity index (χ3n) is 6.12. The number of carbonyl (C=O) groups is 3. The number of thioether (sulfide) groups is 1. The Morgan fingerprint density at radius 1 is 0.833 bits per heavy atom. The van der Waals surface area contributed by atoms with Crippen molar-refractivity contribution in [1.29, 1.82) is 0 Å².